The molecule has 1 rings (SSSR count). The molecule has 294 valence electrons. The van der Waals surface area contributed by atoms with E-state index in [1.165, 1.54) is 167 Å². The zero-order valence-corrected chi connectivity index (χ0v) is 33.5. The first-order valence-corrected chi connectivity index (χ1v) is 22.9. The van der Waals surface area contributed by atoms with Crippen molar-refractivity contribution < 1.29 is 31.9 Å². The number of hydrogen-bond acceptors (Lipinski definition) is 6. The van der Waals surface area contributed by atoms with E-state index in [9.17, 15) is 8.42 Å². The second-order valence-corrected chi connectivity index (χ2v) is 16.8. The summed E-state index contributed by atoms with van der Waals surface area (Å²) in [4.78, 5) is 0. The Balaban J connectivity index is 2.16. The molecule has 0 amide bonds. The molecule has 1 N–H and O–H groups in total. The minimum atomic E-state index is -4.01. The second kappa shape index (κ2) is 32.4. The fourth-order valence-electron chi connectivity index (χ4n) is 6.99. The molecule has 1 fully saturated rings. The average Bonchev–Trinajstić information content (AvgIpc) is 3.38. The van der Waals surface area contributed by atoms with E-state index in [0.29, 0.717) is 32.8 Å². The van der Waals surface area contributed by atoms with Crippen LogP contribution in [-0.2, 0) is 29.1 Å². The highest BCUT2D eigenvalue weighted by Gasteiger charge is 2.44. The van der Waals surface area contributed by atoms with Crippen molar-refractivity contribution >= 4 is 10.1 Å². The predicted octanol–water partition coefficient (Wildman–Crippen LogP) is 12.2. The monoisotopic (exact) mass is 719 g/mol. The summed E-state index contributed by atoms with van der Waals surface area (Å²) in [5.41, 5.74) is 0. The lowest BCUT2D eigenvalue weighted by Gasteiger charge is -2.23. The number of unbranched alkanes of at least 4 members (excludes halogenated alkanes) is 26. The van der Waals surface area contributed by atoms with Gasteiger partial charge in [-0.1, -0.05) is 181 Å². The molecule has 0 aromatic heterocycles. The SMILES string of the molecule is CCCCCCCCCCCCCCCCOC[C@@H]1OC(C)(CCCS(=O)(=O)O)O[C@H]1COCCCCCCCCCCCCCCCC. The van der Waals surface area contributed by atoms with Crippen LogP contribution in [0.3, 0.4) is 0 Å². The Kier molecular flexibility index (Phi) is 30.9. The molecule has 0 aromatic carbocycles. The minimum absolute atomic E-state index is 0.251. The quantitative estimate of drug-likeness (QED) is 0.0502. The van der Waals surface area contributed by atoms with Gasteiger partial charge >= 0.3 is 0 Å². The van der Waals surface area contributed by atoms with Gasteiger partial charge in [-0.2, -0.15) is 8.42 Å². The molecule has 2 atom stereocenters. The standard InChI is InChI=1S/C41H82O7S/c1-4-6-8-10-12-14-16-18-20-22-24-26-28-30-34-45-37-39-40(48-41(3,47-39)33-32-36-49(42,43)44)38-46-35-31-29-27-25-23-21-19-17-15-13-11-9-7-5-2/h39-40H,4-38H2,1-3H3,(H,42,43,44)/t39-,40-/m0/s1. The molecule has 0 unspecified atom stereocenters. The molecular weight excluding hydrogens is 637 g/mol. The van der Waals surface area contributed by atoms with Crippen LogP contribution in [0.1, 0.15) is 213 Å². The number of rotatable bonds is 38. The molecule has 7 nitrogen and oxygen atoms in total. The molecule has 8 heteroatoms. The Hall–Kier alpha value is -0.250. The van der Waals surface area contributed by atoms with Crippen LogP contribution in [0, 0.1) is 0 Å². The van der Waals surface area contributed by atoms with E-state index >= 15 is 0 Å². The number of hydrogen-bond donors (Lipinski definition) is 1. The zero-order chi connectivity index (χ0) is 35.7. The summed E-state index contributed by atoms with van der Waals surface area (Å²) in [5.74, 6) is -1.20. The minimum Gasteiger partial charge on any atom is -0.379 e. The maximum Gasteiger partial charge on any atom is 0.264 e. The van der Waals surface area contributed by atoms with Crippen LogP contribution in [0.4, 0.5) is 0 Å². The summed E-state index contributed by atoms with van der Waals surface area (Å²) in [7, 11) is -4.01. The molecule has 1 aliphatic heterocycles. The second-order valence-electron chi connectivity index (χ2n) is 15.2. The van der Waals surface area contributed by atoms with Gasteiger partial charge in [0.05, 0.1) is 19.0 Å². The van der Waals surface area contributed by atoms with E-state index in [2.05, 4.69) is 13.8 Å². The Morgan fingerprint density at radius 3 is 1.06 bits per heavy atom. The fourth-order valence-corrected chi connectivity index (χ4v) is 7.50. The third-order valence-corrected chi connectivity index (χ3v) is 10.9. The van der Waals surface area contributed by atoms with E-state index in [1.54, 1.807) is 0 Å². The van der Waals surface area contributed by atoms with Crippen LogP contribution in [0.5, 0.6) is 0 Å². The highest BCUT2D eigenvalue weighted by atomic mass is 32.2. The Labute approximate surface area is 304 Å². The van der Waals surface area contributed by atoms with Crippen molar-refractivity contribution in [2.45, 2.75) is 231 Å². The Bertz CT molecular complexity index is 762. The van der Waals surface area contributed by atoms with Gasteiger partial charge in [0.1, 0.15) is 12.2 Å². The normalized spacial score (nSPS) is 17.7. The van der Waals surface area contributed by atoms with Gasteiger partial charge in [-0.05, 0) is 26.2 Å². The van der Waals surface area contributed by atoms with E-state index in [4.69, 9.17) is 23.5 Å². The van der Waals surface area contributed by atoms with Gasteiger partial charge in [0, 0.05) is 19.6 Å². The first-order chi connectivity index (χ1) is 23.8. The van der Waals surface area contributed by atoms with Gasteiger partial charge in [-0.3, -0.25) is 4.55 Å². The molecule has 0 aliphatic carbocycles. The molecular formula is C41H82O7S. The van der Waals surface area contributed by atoms with Gasteiger partial charge < -0.3 is 18.9 Å². The van der Waals surface area contributed by atoms with Crippen LogP contribution >= 0.6 is 0 Å². The lowest BCUT2D eigenvalue weighted by Crippen LogP contribution is -2.32. The Morgan fingerprint density at radius 1 is 0.490 bits per heavy atom. The van der Waals surface area contributed by atoms with Crippen LogP contribution < -0.4 is 0 Å². The molecule has 1 saturated heterocycles. The molecule has 1 aliphatic rings. The van der Waals surface area contributed by atoms with Crippen molar-refractivity contribution in [3.63, 3.8) is 0 Å². The number of ether oxygens (including phenoxy) is 4. The summed E-state index contributed by atoms with van der Waals surface area (Å²) in [5, 5.41) is 0. The highest BCUT2D eigenvalue weighted by Crippen LogP contribution is 2.33. The van der Waals surface area contributed by atoms with Gasteiger partial charge in [-0.25, -0.2) is 0 Å². The van der Waals surface area contributed by atoms with Crippen LogP contribution in [-0.4, -0.2) is 63.1 Å². The maximum atomic E-state index is 11.2. The zero-order valence-electron chi connectivity index (χ0n) is 32.7. The smallest absolute Gasteiger partial charge is 0.264 e. The summed E-state index contributed by atoms with van der Waals surface area (Å²) in [6, 6.07) is 0. The molecule has 0 saturated carbocycles. The van der Waals surface area contributed by atoms with Crippen LogP contribution in [0.15, 0.2) is 0 Å². The van der Waals surface area contributed by atoms with Gasteiger partial charge in [0.2, 0.25) is 0 Å². The van der Waals surface area contributed by atoms with Gasteiger partial charge in [0.15, 0.2) is 5.79 Å². The van der Waals surface area contributed by atoms with Crippen molar-refractivity contribution in [2.75, 3.05) is 32.2 Å². The van der Waals surface area contributed by atoms with Crippen LogP contribution in [0.25, 0.3) is 0 Å². The lowest BCUT2D eigenvalue weighted by molar-refractivity contribution is -0.172. The topological polar surface area (TPSA) is 91.3 Å². The third kappa shape index (κ3) is 30.0. The molecule has 0 spiro atoms. The first kappa shape index (κ1) is 46.8. The van der Waals surface area contributed by atoms with Gasteiger partial charge in [-0.15, -0.1) is 0 Å². The van der Waals surface area contributed by atoms with Crippen molar-refractivity contribution in [3.05, 3.63) is 0 Å². The fraction of sp³-hybridized carbons (Fsp3) is 1.00. The highest BCUT2D eigenvalue weighted by molar-refractivity contribution is 7.85. The predicted molar refractivity (Wildman–Crippen MR) is 206 cm³/mol. The van der Waals surface area contributed by atoms with E-state index in [-0.39, 0.29) is 24.4 Å². The first-order valence-electron chi connectivity index (χ1n) is 21.3. The van der Waals surface area contributed by atoms with Crippen LogP contribution in [0.2, 0.25) is 0 Å². The maximum absolute atomic E-state index is 11.2. The summed E-state index contributed by atoms with van der Waals surface area (Å²) >= 11 is 0. The molecule has 0 radical (unpaired) electrons. The molecule has 49 heavy (non-hydrogen) atoms. The lowest BCUT2D eigenvalue weighted by atomic mass is 10.0. The largest absolute Gasteiger partial charge is 0.379 e. The third-order valence-electron chi connectivity index (χ3n) is 10.1. The summed E-state index contributed by atoms with van der Waals surface area (Å²) in [6.45, 7) is 8.72. The average molecular weight is 719 g/mol. The summed E-state index contributed by atoms with van der Waals surface area (Å²) in [6.07, 6.45) is 37.6. The van der Waals surface area contributed by atoms with Crippen molar-refractivity contribution in [3.8, 4) is 0 Å². The van der Waals surface area contributed by atoms with Crippen molar-refractivity contribution in [1.82, 2.24) is 0 Å². The molecule has 1 heterocycles. The van der Waals surface area contributed by atoms with Crippen molar-refractivity contribution in [1.29, 1.82) is 0 Å². The van der Waals surface area contributed by atoms with Crippen molar-refractivity contribution in [2.24, 2.45) is 0 Å². The van der Waals surface area contributed by atoms with E-state index in [0.717, 1.165) is 12.8 Å². The summed E-state index contributed by atoms with van der Waals surface area (Å²) < 4.78 is 56.2. The van der Waals surface area contributed by atoms with E-state index in [1.807, 2.05) is 6.92 Å². The molecule has 0 bridgehead atoms. The Morgan fingerprint density at radius 2 is 0.776 bits per heavy atom. The molecule has 0 aromatic rings. The van der Waals surface area contributed by atoms with E-state index < -0.39 is 15.9 Å². The van der Waals surface area contributed by atoms with Gasteiger partial charge in [0.25, 0.3) is 10.1 Å².